The second kappa shape index (κ2) is 18.7. The van der Waals surface area contributed by atoms with Crippen LogP contribution in [-0.2, 0) is 30.4 Å². The Morgan fingerprint density at radius 2 is 1.48 bits per heavy atom. The van der Waals surface area contributed by atoms with Crippen LogP contribution in [0.3, 0.4) is 0 Å². The Bertz CT molecular complexity index is 2730. The molecule has 1 aliphatic heterocycles. The van der Waals surface area contributed by atoms with E-state index in [2.05, 4.69) is 51.0 Å². The van der Waals surface area contributed by atoms with E-state index in [0.29, 0.717) is 56.4 Å². The number of methoxy groups -OCH3 is 1. The molecule has 1 fully saturated rings. The molecule has 6 aromatic rings. The summed E-state index contributed by atoms with van der Waals surface area (Å²) in [5.74, 6) is -3.20. The van der Waals surface area contributed by atoms with E-state index in [1.54, 1.807) is 18.5 Å². The minimum Gasteiger partial charge on any atom is -0.469 e. The summed E-state index contributed by atoms with van der Waals surface area (Å²) in [6.07, 6.45) is 4.42. The number of benzene rings is 4. The quantitative estimate of drug-likeness (QED) is 0.0522. The number of nitrogens with zero attached hydrogens (tertiary/aromatic N) is 4. The normalized spacial score (nSPS) is 16.4. The van der Waals surface area contributed by atoms with Gasteiger partial charge in [-0.3, -0.25) is 34.3 Å². The van der Waals surface area contributed by atoms with Crippen LogP contribution in [-0.4, -0.2) is 74.5 Å². The monoisotopic (exact) mass is 847 g/mol. The first-order valence-corrected chi connectivity index (χ1v) is 21.3. The van der Waals surface area contributed by atoms with E-state index in [1.807, 2.05) is 59.2 Å². The smallest absolute Gasteiger partial charge is 0.306 e. The average Bonchev–Trinajstić information content (AvgIpc) is 3.77. The minimum absolute atomic E-state index is 0.000887. The summed E-state index contributed by atoms with van der Waals surface area (Å²) in [4.78, 5) is 69.7. The molecule has 1 aliphatic carbocycles. The van der Waals surface area contributed by atoms with Crippen molar-refractivity contribution in [3.05, 3.63) is 138 Å². The Morgan fingerprint density at radius 1 is 0.810 bits per heavy atom. The van der Waals surface area contributed by atoms with Crippen LogP contribution in [0.2, 0.25) is 0 Å². The third kappa shape index (κ3) is 8.74. The summed E-state index contributed by atoms with van der Waals surface area (Å²) in [5.41, 5.74) is 12.5. The van der Waals surface area contributed by atoms with Crippen LogP contribution in [0.5, 0.6) is 0 Å². The van der Waals surface area contributed by atoms with Crippen molar-refractivity contribution in [1.29, 1.82) is 5.41 Å². The first kappa shape index (κ1) is 42.3. The molecule has 1 atom stereocenters. The van der Waals surface area contributed by atoms with Crippen molar-refractivity contribution in [2.45, 2.75) is 76.1 Å². The Balaban J connectivity index is 0.919. The van der Waals surface area contributed by atoms with Gasteiger partial charge in [0.05, 0.1) is 35.6 Å². The zero-order valence-corrected chi connectivity index (χ0v) is 35.0. The van der Waals surface area contributed by atoms with Gasteiger partial charge in [-0.25, -0.2) is 4.98 Å². The number of ether oxygens (including phenoxy) is 2. The molecule has 3 amide bonds. The maximum atomic E-state index is 13.5. The molecule has 0 spiro atoms. The van der Waals surface area contributed by atoms with E-state index in [1.165, 1.54) is 13.2 Å². The lowest BCUT2D eigenvalue weighted by Crippen LogP contribution is -2.48. The third-order valence-electron chi connectivity index (χ3n) is 12.0. The topological polar surface area (TPSA) is 192 Å². The molecule has 322 valence electrons. The van der Waals surface area contributed by atoms with Gasteiger partial charge in [-0.15, -0.1) is 0 Å². The van der Waals surface area contributed by atoms with Gasteiger partial charge in [-0.1, -0.05) is 97.1 Å². The third-order valence-corrected chi connectivity index (χ3v) is 12.0. The molecule has 14 heteroatoms. The highest BCUT2D eigenvalue weighted by atomic mass is 16.5. The molecule has 1 unspecified atom stereocenters. The standard InChI is InChI=1S/C49H49N7O7/c1-62-39(57)27-26-38(46(51)59)56-48(60)36-19-11-20-37(42(36)49(56)61)52-28-12-21-40(58)63-35-24-22-34(23-25-35)55-30-53-47-43(45(55)50)41(32-15-7-3-8-16-32)44(33-17-9-4-10-18-33)54(47)29-31-13-5-2-6-14-31/h2-11,13-20,30,34-35,38,50,52H,12,21-29H2,1H3,(H2,51,59)/t34-,35-,38?. The molecule has 2 aliphatic rings. The predicted octanol–water partition coefficient (Wildman–Crippen LogP) is 7.02. The average molecular weight is 848 g/mol. The fraction of sp³-hybridized carbons (Fsp3) is 0.286. The van der Waals surface area contributed by atoms with Crippen LogP contribution in [0.25, 0.3) is 33.4 Å². The molecule has 0 bridgehead atoms. The van der Waals surface area contributed by atoms with Crippen molar-refractivity contribution < 1.29 is 33.4 Å². The number of hydrogen-bond donors (Lipinski definition) is 3. The number of primary amides is 1. The number of nitrogens with two attached hydrogens (primary N) is 1. The number of fused-ring (bicyclic) bond motifs is 2. The summed E-state index contributed by atoms with van der Waals surface area (Å²) in [6.45, 7) is 0.897. The Hall–Kier alpha value is -7.35. The van der Waals surface area contributed by atoms with Gasteiger partial charge in [0.1, 0.15) is 23.3 Å². The van der Waals surface area contributed by atoms with Crippen LogP contribution in [0.1, 0.15) is 83.7 Å². The summed E-state index contributed by atoms with van der Waals surface area (Å²) >= 11 is 0. The Labute approximate surface area is 364 Å². The lowest BCUT2D eigenvalue weighted by Gasteiger charge is -2.30. The minimum atomic E-state index is -1.32. The van der Waals surface area contributed by atoms with Gasteiger partial charge in [0.25, 0.3) is 11.8 Å². The molecule has 14 nitrogen and oxygen atoms in total. The van der Waals surface area contributed by atoms with Gasteiger partial charge < -0.3 is 29.7 Å². The molecule has 2 aromatic heterocycles. The fourth-order valence-electron chi connectivity index (χ4n) is 8.88. The summed E-state index contributed by atoms with van der Waals surface area (Å²) in [5, 5.41) is 13.7. The van der Waals surface area contributed by atoms with Gasteiger partial charge in [-0.05, 0) is 67.3 Å². The number of carbonyl (C=O) groups is 5. The fourth-order valence-corrected chi connectivity index (χ4v) is 8.88. The van der Waals surface area contributed by atoms with Crippen LogP contribution in [0.15, 0.2) is 116 Å². The number of esters is 2. The van der Waals surface area contributed by atoms with Crippen molar-refractivity contribution in [2.75, 3.05) is 19.0 Å². The van der Waals surface area contributed by atoms with Gasteiger partial charge in [0.2, 0.25) is 5.91 Å². The number of anilines is 1. The van der Waals surface area contributed by atoms with E-state index >= 15 is 0 Å². The summed E-state index contributed by atoms with van der Waals surface area (Å²) in [7, 11) is 1.20. The maximum absolute atomic E-state index is 13.5. The molecular formula is C49H49N7O7. The molecule has 0 saturated heterocycles. The zero-order chi connectivity index (χ0) is 44.0. The van der Waals surface area contributed by atoms with Crippen LogP contribution in [0, 0.1) is 5.41 Å². The highest BCUT2D eigenvalue weighted by Crippen LogP contribution is 2.40. The van der Waals surface area contributed by atoms with E-state index in [-0.39, 0.29) is 48.5 Å². The predicted molar refractivity (Wildman–Crippen MR) is 236 cm³/mol. The number of carbonyl (C=O) groups excluding carboxylic acids is 5. The van der Waals surface area contributed by atoms with Crippen molar-refractivity contribution in [2.24, 2.45) is 5.73 Å². The SMILES string of the molecule is COC(=O)CCC(C(N)=O)N1C(=O)c2cccc(NCCCC(=O)O[C@H]3CC[C@H](n4cnc5c(c(-c6ccccc6)c(-c6ccccc6)n5Cc5ccccc5)c4=N)CC3)c2C1=O. The first-order chi connectivity index (χ1) is 30.6. The van der Waals surface area contributed by atoms with E-state index < -0.39 is 29.7 Å². The van der Waals surface area contributed by atoms with E-state index in [0.717, 1.165) is 43.9 Å². The Kier molecular flexibility index (Phi) is 12.6. The number of nitrogens with one attached hydrogen (secondary N) is 2. The number of hydrogen-bond acceptors (Lipinski definition) is 10. The van der Waals surface area contributed by atoms with Crippen molar-refractivity contribution >= 4 is 46.4 Å². The second-order valence-electron chi connectivity index (χ2n) is 15.9. The lowest BCUT2D eigenvalue weighted by atomic mass is 9.92. The number of rotatable bonds is 16. The van der Waals surface area contributed by atoms with Crippen molar-refractivity contribution in [3.63, 3.8) is 0 Å². The molecule has 4 N–H and O–H groups in total. The van der Waals surface area contributed by atoms with Crippen molar-refractivity contribution in [1.82, 2.24) is 19.0 Å². The van der Waals surface area contributed by atoms with Gasteiger partial charge in [-0.2, -0.15) is 0 Å². The van der Waals surface area contributed by atoms with Crippen LogP contribution >= 0.6 is 0 Å². The molecule has 0 radical (unpaired) electrons. The van der Waals surface area contributed by atoms with Crippen LogP contribution in [0.4, 0.5) is 5.69 Å². The van der Waals surface area contributed by atoms with E-state index in [4.69, 9.17) is 15.5 Å². The molecule has 3 heterocycles. The molecular weight excluding hydrogens is 799 g/mol. The van der Waals surface area contributed by atoms with Gasteiger partial charge in [0, 0.05) is 43.2 Å². The lowest BCUT2D eigenvalue weighted by molar-refractivity contribution is -0.151. The second-order valence-corrected chi connectivity index (χ2v) is 15.9. The molecule has 4 aromatic carbocycles. The number of imide groups is 1. The highest BCUT2D eigenvalue weighted by molar-refractivity contribution is 6.25. The van der Waals surface area contributed by atoms with Gasteiger partial charge >= 0.3 is 11.9 Å². The molecule has 8 rings (SSSR count). The number of amides is 3. The van der Waals surface area contributed by atoms with Gasteiger partial charge in [0.15, 0.2) is 0 Å². The summed E-state index contributed by atoms with van der Waals surface area (Å²) < 4.78 is 14.8. The molecule has 1 saturated carbocycles. The zero-order valence-electron chi connectivity index (χ0n) is 35.0. The maximum Gasteiger partial charge on any atom is 0.306 e. The summed E-state index contributed by atoms with van der Waals surface area (Å²) in [6, 6.07) is 34.2. The van der Waals surface area contributed by atoms with Crippen molar-refractivity contribution in [3.8, 4) is 22.4 Å². The Morgan fingerprint density at radius 3 is 2.14 bits per heavy atom. The number of aromatic nitrogens is 3. The largest absolute Gasteiger partial charge is 0.469 e. The highest BCUT2D eigenvalue weighted by Gasteiger charge is 2.43. The van der Waals surface area contributed by atoms with Crippen LogP contribution < -0.4 is 16.5 Å². The van der Waals surface area contributed by atoms with E-state index in [9.17, 15) is 29.4 Å². The first-order valence-electron chi connectivity index (χ1n) is 21.3. The molecule has 63 heavy (non-hydrogen) atoms.